The molecule has 6 heteroatoms. The van der Waals surface area contributed by atoms with Crippen molar-refractivity contribution in [1.29, 1.82) is 0 Å². The minimum atomic E-state index is -4.20. The number of rotatable bonds is 1. The average molecular weight is 206 g/mol. The second-order valence-corrected chi connectivity index (χ2v) is 4.03. The van der Waals surface area contributed by atoms with E-state index in [1.807, 2.05) is 0 Å². The van der Waals surface area contributed by atoms with E-state index in [4.69, 9.17) is 9.66 Å². The number of phenolic OH excluding ortho intramolecular Hbond substituents is 1. The topological polar surface area (TPSA) is 74.6 Å². The summed E-state index contributed by atoms with van der Waals surface area (Å²) in [5.41, 5.74) is 0. The van der Waals surface area contributed by atoms with E-state index in [0.717, 1.165) is 18.2 Å². The molecule has 0 spiro atoms. The number of aromatic hydroxyl groups is 1. The Kier molecular flexibility index (Phi) is 2.31. The summed E-state index contributed by atoms with van der Waals surface area (Å²) in [6.45, 7) is 0. The predicted molar refractivity (Wildman–Crippen MR) is 45.2 cm³/mol. The van der Waals surface area contributed by atoms with Crippen molar-refractivity contribution in [2.24, 2.45) is 0 Å². The highest BCUT2D eigenvalue weighted by atomic mass is 32.2. The first-order chi connectivity index (χ1) is 5.41. The number of thiol groups is 1. The van der Waals surface area contributed by atoms with Crippen molar-refractivity contribution < 1.29 is 18.1 Å². The van der Waals surface area contributed by atoms with Gasteiger partial charge in [-0.3, -0.25) is 4.55 Å². The number of hydrogen-bond acceptors (Lipinski definition) is 4. The van der Waals surface area contributed by atoms with Crippen LogP contribution in [0.5, 0.6) is 5.75 Å². The summed E-state index contributed by atoms with van der Waals surface area (Å²) in [6, 6.07) is 3.30. The Bertz CT molecular complexity index is 396. The molecule has 2 N–H and O–H groups in total. The SMILES string of the molecule is O=S(=O)(O)c1ccc(O)c(S)c1. The Morgan fingerprint density at radius 2 is 1.92 bits per heavy atom. The molecule has 4 nitrogen and oxygen atoms in total. The summed E-state index contributed by atoms with van der Waals surface area (Å²) in [5, 5.41) is 8.96. The van der Waals surface area contributed by atoms with Crippen LogP contribution < -0.4 is 0 Å². The zero-order valence-corrected chi connectivity index (χ0v) is 7.51. The van der Waals surface area contributed by atoms with Crippen LogP contribution in [0.25, 0.3) is 0 Å². The quantitative estimate of drug-likeness (QED) is 0.472. The van der Waals surface area contributed by atoms with Crippen LogP contribution >= 0.6 is 12.6 Å². The summed E-state index contributed by atoms with van der Waals surface area (Å²) in [6.07, 6.45) is 0. The van der Waals surface area contributed by atoms with Gasteiger partial charge in [0.1, 0.15) is 5.75 Å². The van der Waals surface area contributed by atoms with Crippen LogP contribution in [-0.4, -0.2) is 18.1 Å². The van der Waals surface area contributed by atoms with Crippen LogP contribution in [-0.2, 0) is 10.1 Å². The zero-order valence-electron chi connectivity index (χ0n) is 5.80. The van der Waals surface area contributed by atoms with Crippen LogP contribution in [0.3, 0.4) is 0 Å². The molecule has 0 saturated carbocycles. The molecule has 0 heterocycles. The van der Waals surface area contributed by atoms with Crippen molar-refractivity contribution in [3.8, 4) is 5.75 Å². The molecule has 0 fully saturated rings. The van der Waals surface area contributed by atoms with Gasteiger partial charge >= 0.3 is 0 Å². The van der Waals surface area contributed by atoms with Crippen molar-refractivity contribution in [1.82, 2.24) is 0 Å². The fourth-order valence-electron chi connectivity index (χ4n) is 0.664. The molecule has 0 unspecified atom stereocenters. The lowest BCUT2D eigenvalue weighted by Gasteiger charge is -1.99. The fraction of sp³-hybridized carbons (Fsp3) is 0. The van der Waals surface area contributed by atoms with Gasteiger partial charge in [-0.05, 0) is 18.2 Å². The molecule has 0 aliphatic heterocycles. The van der Waals surface area contributed by atoms with Gasteiger partial charge in [-0.2, -0.15) is 8.42 Å². The summed E-state index contributed by atoms with van der Waals surface area (Å²) in [5.74, 6) is -0.134. The highest BCUT2D eigenvalue weighted by Crippen LogP contribution is 2.23. The number of benzene rings is 1. The van der Waals surface area contributed by atoms with Crippen LogP contribution in [0, 0.1) is 0 Å². The zero-order chi connectivity index (χ0) is 9.35. The van der Waals surface area contributed by atoms with Crippen molar-refractivity contribution in [3.05, 3.63) is 18.2 Å². The Balaban J connectivity index is 3.33. The van der Waals surface area contributed by atoms with Crippen LogP contribution in [0.2, 0.25) is 0 Å². The van der Waals surface area contributed by atoms with E-state index in [1.54, 1.807) is 0 Å². The Hall–Kier alpha value is -0.720. The molecule has 1 rings (SSSR count). The first kappa shape index (κ1) is 9.37. The largest absolute Gasteiger partial charge is 0.507 e. The molecule has 66 valence electrons. The van der Waals surface area contributed by atoms with E-state index >= 15 is 0 Å². The van der Waals surface area contributed by atoms with Gasteiger partial charge in [0.05, 0.1) is 4.90 Å². The lowest BCUT2D eigenvalue weighted by Crippen LogP contribution is -1.97. The maximum Gasteiger partial charge on any atom is 0.294 e. The highest BCUT2D eigenvalue weighted by Gasteiger charge is 2.10. The second-order valence-electron chi connectivity index (χ2n) is 2.13. The van der Waals surface area contributed by atoms with E-state index in [1.165, 1.54) is 0 Å². The summed E-state index contributed by atoms with van der Waals surface area (Å²) in [7, 11) is -4.20. The minimum Gasteiger partial charge on any atom is -0.507 e. The van der Waals surface area contributed by atoms with Crippen LogP contribution in [0.1, 0.15) is 0 Å². The number of hydrogen-bond donors (Lipinski definition) is 3. The third-order valence-electron chi connectivity index (χ3n) is 1.24. The lowest BCUT2D eigenvalue weighted by molar-refractivity contribution is 0.460. The smallest absolute Gasteiger partial charge is 0.294 e. The van der Waals surface area contributed by atoms with Gasteiger partial charge in [-0.15, -0.1) is 12.6 Å². The molecule has 0 saturated heterocycles. The molecule has 12 heavy (non-hydrogen) atoms. The van der Waals surface area contributed by atoms with E-state index in [0.29, 0.717) is 0 Å². The van der Waals surface area contributed by atoms with Crippen molar-refractivity contribution in [2.75, 3.05) is 0 Å². The lowest BCUT2D eigenvalue weighted by atomic mass is 10.3. The van der Waals surface area contributed by atoms with E-state index in [-0.39, 0.29) is 15.5 Å². The van der Waals surface area contributed by atoms with Gasteiger partial charge in [-0.1, -0.05) is 0 Å². The third-order valence-corrected chi connectivity index (χ3v) is 2.45. The normalized spacial score (nSPS) is 11.5. The first-order valence-electron chi connectivity index (χ1n) is 2.91. The van der Waals surface area contributed by atoms with Crippen LogP contribution in [0.15, 0.2) is 28.0 Å². The molecule has 0 bridgehead atoms. The van der Waals surface area contributed by atoms with Crippen molar-refractivity contribution >= 4 is 22.7 Å². The monoisotopic (exact) mass is 206 g/mol. The third kappa shape index (κ3) is 1.90. The molecule has 0 aromatic heterocycles. The Morgan fingerprint density at radius 1 is 1.33 bits per heavy atom. The molecule has 1 aromatic rings. The minimum absolute atomic E-state index is 0.102. The fourth-order valence-corrected chi connectivity index (χ4v) is 1.47. The summed E-state index contributed by atoms with van der Waals surface area (Å²) < 4.78 is 29.6. The molecule has 0 atom stereocenters. The average Bonchev–Trinajstić information content (AvgIpc) is 1.92. The van der Waals surface area contributed by atoms with Gasteiger partial charge in [0.25, 0.3) is 10.1 Å². The highest BCUT2D eigenvalue weighted by molar-refractivity contribution is 7.86. The predicted octanol–water partition coefficient (Wildman–Crippen LogP) is 0.928. The molecule has 0 aliphatic rings. The van der Waals surface area contributed by atoms with Gasteiger partial charge in [0.2, 0.25) is 0 Å². The van der Waals surface area contributed by atoms with Gasteiger partial charge < -0.3 is 5.11 Å². The first-order valence-corrected chi connectivity index (χ1v) is 4.79. The van der Waals surface area contributed by atoms with Gasteiger partial charge in [-0.25, -0.2) is 0 Å². The van der Waals surface area contributed by atoms with E-state index < -0.39 is 10.1 Å². The van der Waals surface area contributed by atoms with E-state index in [2.05, 4.69) is 12.6 Å². The molecule has 0 radical (unpaired) electrons. The number of phenols is 1. The maximum absolute atomic E-state index is 10.5. The maximum atomic E-state index is 10.5. The standard InChI is InChI=1S/C6H6O4S2/c7-5-2-1-4(3-6(5)11)12(8,9)10/h1-3,7,11H,(H,8,9,10). The molecule has 0 aliphatic carbocycles. The molecule has 1 aromatic carbocycles. The Morgan fingerprint density at radius 3 is 2.33 bits per heavy atom. The second kappa shape index (κ2) is 2.96. The van der Waals surface area contributed by atoms with Crippen molar-refractivity contribution in [3.63, 3.8) is 0 Å². The molecule has 0 amide bonds. The Labute approximate surface area is 75.0 Å². The molecular weight excluding hydrogens is 200 g/mol. The van der Waals surface area contributed by atoms with E-state index in [9.17, 15) is 8.42 Å². The summed E-state index contributed by atoms with van der Waals surface area (Å²) >= 11 is 3.77. The van der Waals surface area contributed by atoms with Gasteiger partial charge in [0, 0.05) is 4.90 Å². The summed E-state index contributed by atoms with van der Waals surface area (Å²) in [4.78, 5) is -0.185. The molecular formula is C6H6O4S2. The van der Waals surface area contributed by atoms with Crippen LogP contribution in [0.4, 0.5) is 0 Å². The van der Waals surface area contributed by atoms with Gasteiger partial charge in [0.15, 0.2) is 0 Å². The van der Waals surface area contributed by atoms with Crippen molar-refractivity contribution in [2.45, 2.75) is 9.79 Å².